The van der Waals surface area contributed by atoms with Crippen LogP contribution in [-0.4, -0.2) is 162 Å². The van der Waals surface area contributed by atoms with E-state index in [-0.39, 0.29) is 24.5 Å². The van der Waals surface area contributed by atoms with Crippen molar-refractivity contribution in [3.63, 3.8) is 0 Å². The number of aryl methyl sites for hydroxylation is 2. The van der Waals surface area contributed by atoms with Crippen molar-refractivity contribution >= 4 is 105 Å². The number of carboxylic acid groups (broad SMARTS) is 2. The van der Waals surface area contributed by atoms with Crippen LogP contribution in [0.15, 0.2) is 43.9 Å². The molecule has 4 aromatic heterocycles. The summed E-state index contributed by atoms with van der Waals surface area (Å²) in [6.07, 6.45) is 2.58. The number of rotatable bonds is 14. The van der Waals surface area contributed by atoms with Crippen molar-refractivity contribution in [1.82, 2.24) is 81.2 Å². The predicted molar refractivity (Wildman–Crippen MR) is 206 cm³/mol. The second-order valence-corrected chi connectivity index (χ2v) is 19.2. The zero-order chi connectivity index (χ0) is 41.1. The molecule has 4 atom stereocenters. The van der Waals surface area contributed by atoms with Gasteiger partial charge in [-0.05, 0) is 45.8 Å². The summed E-state index contributed by atoms with van der Waals surface area (Å²) in [6, 6.07) is -1.56. The van der Waals surface area contributed by atoms with Crippen molar-refractivity contribution in [1.29, 1.82) is 0 Å². The third-order valence-electron chi connectivity index (χ3n) is 8.28. The fourth-order valence-electron chi connectivity index (χ4n) is 5.80. The molecule has 2 saturated heterocycles. The molecule has 0 unspecified atom stereocenters. The van der Waals surface area contributed by atoms with E-state index < -0.39 is 58.4 Å². The molecule has 24 nitrogen and oxygen atoms in total. The normalized spacial score (nSPS) is 21.0. The molecule has 0 aromatic carbocycles. The molecule has 0 spiro atoms. The van der Waals surface area contributed by atoms with Crippen molar-refractivity contribution in [3.8, 4) is 0 Å². The van der Waals surface area contributed by atoms with Gasteiger partial charge in [0.05, 0.1) is 0 Å². The standard InChI is InChI=1S/2C14H14N8O4S3/c2*1-6-17-18-14(29-6)28-4-7-3-27-12-9(11(24)22(12)10(7)13(25)26)16-8(23)2-21-5-15-19-20-21/h2*5,9,12H,2-4H2,1H3,(H,16,23)(H,25,26)/t2*9-,12-/m11/s1. The van der Waals surface area contributed by atoms with Crippen LogP contribution in [0.5, 0.6) is 0 Å². The van der Waals surface area contributed by atoms with Gasteiger partial charge in [0.1, 0.15) is 70.0 Å². The fourth-order valence-corrected chi connectivity index (χ4v) is 12.4. The van der Waals surface area contributed by atoms with Crippen LogP contribution >= 0.6 is 69.7 Å². The Morgan fingerprint density at radius 3 is 1.45 bits per heavy atom. The molecule has 58 heavy (non-hydrogen) atoms. The van der Waals surface area contributed by atoms with Crippen LogP contribution in [0, 0.1) is 13.8 Å². The molecule has 8 heterocycles. The minimum Gasteiger partial charge on any atom is -0.477 e. The van der Waals surface area contributed by atoms with Crippen molar-refractivity contribution in [3.05, 3.63) is 45.2 Å². The summed E-state index contributed by atoms with van der Waals surface area (Å²) in [5.74, 6) is -2.38. The first-order valence-corrected chi connectivity index (χ1v) is 22.2. The summed E-state index contributed by atoms with van der Waals surface area (Å²) in [5, 5.41) is 62.3. The van der Waals surface area contributed by atoms with Crippen molar-refractivity contribution in [2.45, 2.75) is 58.4 Å². The van der Waals surface area contributed by atoms with Crippen molar-refractivity contribution < 1.29 is 39.0 Å². The molecule has 0 radical (unpaired) electrons. The van der Waals surface area contributed by atoms with Crippen molar-refractivity contribution in [2.75, 3.05) is 23.0 Å². The summed E-state index contributed by atoms with van der Waals surface area (Å²) < 4.78 is 3.96. The van der Waals surface area contributed by atoms with Gasteiger partial charge in [-0.2, -0.15) is 0 Å². The van der Waals surface area contributed by atoms with E-state index in [1.165, 1.54) is 102 Å². The van der Waals surface area contributed by atoms with E-state index in [1.807, 2.05) is 13.8 Å². The Kier molecular flexibility index (Phi) is 12.7. The highest BCUT2D eigenvalue weighted by Gasteiger charge is 2.55. The van der Waals surface area contributed by atoms with Crippen LogP contribution in [0.2, 0.25) is 0 Å². The Morgan fingerprint density at radius 2 is 1.12 bits per heavy atom. The van der Waals surface area contributed by atoms with Gasteiger partial charge in [-0.3, -0.25) is 29.0 Å². The van der Waals surface area contributed by atoms with Crippen LogP contribution in [0.3, 0.4) is 0 Å². The lowest BCUT2D eigenvalue weighted by molar-refractivity contribution is -0.150. The number of carboxylic acids is 2. The number of hydrogen-bond donors (Lipinski definition) is 4. The molecule has 0 aliphatic carbocycles. The van der Waals surface area contributed by atoms with Gasteiger partial charge >= 0.3 is 11.9 Å². The van der Waals surface area contributed by atoms with E-state index in [0.717, 1.165) is 18.7 Å². The number of tetrazole rings is 2. The smallest absolute Gasteiger partial charge is 0.352 e. The lowest BCUT2D eigenvalue weighted by Gasteiger charge is -2.49. The Balaban J connectivity index is 0.000000177. The molecule has 0 saturated carbocycles. The molecular weight excluding hydrogens is 881 g/mol. The fraction of sp³-hybridized carbons (Fsp3) is 0.429. The minimum absolute atomic E-state index is 0.0153. The number of fused-ring (bicyclic) bond motifs is 2. The highest BCUT2D eigenvalue weighted by atomic mass is 32.2. The number of aromatic nitrogens is 12. The lowest BCUT2D eigenvalue weighted by atomic mass is 10.0. The zero-order valence-corrected chi connectivity index (χ0v) is 34.7. The second kappa shape index (κ2) is 17.8. The first-order chi connectivity index (χ1) is 27.9. The maximum Gasteiger partial charge on any atom is 0.352 e. The van der Waals surface area contributed by atoms with E-state index in [9.17, 15) is 39.0 Å². The average Bonchev–Trinajstić information content (AvgIpc) is 4.04. The number of nitrogens with one attached hydrogen (secondary N) is 2. The summed E-state index contributed by atoms with van der Waals surface area (Å²) >= 11 is 8.49. The SMILES string of the molecule is Cc1nnc(SCC2=C(C(=O)O)N3C(=O)[C@@H](NC(=O)Cn4cnnn4)[C@H]3SC2)s1.Cc1nnc(SCC2=C(C(=O)O)N3C(=O)[C@@H](NC(=O)Cn4cnnn4)[C@H]3SC2)s1. The highest BCUT2D eigenvalue weighted by Crippen LogP contribution is 2.43. The molecule has 4 amide bonds. The Hall–Kier alpha value is -5.04. The van der Waals surface area contributed by atoms with E-state index in [2.05, 4.69) is 62.1 Å². The van der Waals surface area contributed by atoms with Gasteiger partial charge in [-0.25, -0.2) is 19.0 Å². The number of carbonyl (C=O) groups is 6. The topological polar surface area (TPSA) is 312 Å². The van der Waals surface area contributed by atoms with Gasteiger partial charge in [-0.15, -0.1) is 54.1 Å². The summed E-state index contributed by atoms with van der Waals surface area (Å²) in [6.45, 7) is 3.44. The van der Waals surface area contributed by atoms with E-state index in [1.54, 1.807) is 0 Å². The van der Waals surface area contributed by atoms with Crippen molar-refractivity contribution in [2.24, 2.45) is 0 Å². The minimum atomic E-state index is -1.16. The summed E-state index contributed by atoms with van der Waals surface area (Å²) in [7, 11) is 0. The van der Waals surface area contributed by atoms with E-state index in [0.29, 0.717) is 34.2 Å². The Bertz CT molecular complexity index is 2140. The van der Waals surface area contributed by atoms with Gasteiger partial charge in [-0.1, -0.05) is 46.2 Å². The van der Waals surface area contributed by atoms with Gasteiger partial charge in [0.25, 0.3) is 11.8 Å². The van der Waals surface area contributed by atoms with Gasteiger partial charge in [0.2, 0.25) is 11.8 Å². The maximum absolute atomic E-state index is 12.6. The lowest BCUT2D eigenvalue weighted by Crippen LogP contribution is -2.70. The average molecular weight is 909 g/mol. The molecule has 4 aliphatic heterocycles. The molecule has 30 heteroatoms. The number of nitrogens with zero attached hydrogens (tertiary/aromatic N) is 14. The number of hydrogen-bond acceptors (Lipinski definition) is 22. The van der Waals surface area contributed by atoms with Crippen LogP contribution in [0.25, 0.3) is 0 Å². The number of thioether (sulfide) groups is 4. The van der Waals surface area contributed by atoms with E-state index >= 15 is 0 Å². The molecule has 4 N–H and O–H groups in total. The zero-order valence-electron chi connectivity index (χ0n) is 29.8. The maximum atomic E-state index is 12.6. The third-order valence-corrected chi connectivity index (χ3v) is 15.1. The second-order valence-electron chi connectivity index (χ2n) is 12.2. The molecule has 4 aromatic rings. The predicted octanol–water partition coefficient (Wildman–Crippen LogP) is -1.27. The quantitative estimate of drug-likeness (QED) is 0.0846. The van der Waals surface area contributed by atoms with E-state index in [4.69, 9.17) is 0 Å². The van der Waals surface area contributed by atoms with Crippen LogP contribution in [0.4, 0.5) is 0 Å². The molecule has 4 aliphatic rings. The Morgan fingerprint density at radius 1 is 0.707 bits per heavy atom. The van der Waals surface area contributed by atoms with Gasteiger partial charge < -0.3 is 20.8 Å². The van der Waals surface area contributed by atoms with Gasteiger partial charge in [0.15, 0.2) is 8.68 Å². The highest BCUT2D eigenvalue weighted by molar-refractivity contribution is 8.02. The summed E-state index contributed by atoms with van der Waals surface area (Å²) in [5.41, 5.74) is 1.25. The monoisotopic (exact) mass is 908 g/mol. The number of carbonyl (C=O) groups excluding carboxylic acids is 4. The number of aliphatic carboxylic acids is 2. The number of β-lactam (4-membered cyclic amide) rings is 2. The molecular formula is C28H28N16O8S6. The molecule has 8 rings (SSSR count). The molecule has 2 fully saturated rings. The summed E-state index contributed by atoms with van der Waals surface area (Å²) in [4.78, 5) is 75.6. The molecule has 0 bridgehead atoms. The first kappa shape index (κ1) is 41.1. The third kappa shape index (κ3) is 8.99. The number of amides is 4. The Labute approximate surface area is 350 Å². The van der Waals surface area contributed by atoms with Crippen LogP contribution in [0.1, 0.15) is 10.0 Å². The van der Waals surface area contributed by atoms with Crippen LogP contribution in [-0.2, 0) is 41.9 Å². The van der Waals surface area contributed by atoms with Gasteiger partial charge in [0, 0.05) is 23.0 Å². The molecule has 304 valence electrons. The largest absolute Gasteiger partial charge is 0.477 e. The first-order valence-electron chi connectivity index (χ1n) is 16.5. The van der Waals surface area contributed by atoms with Crippen LogP contribution < -0.4 is 10.6 Å².